The summed E-state index contributed by atoms with van der Waals surface area (Å²) in [6.07, 6.45) is 4.41. The number of nitrogens with zero attached hydrogens (tertiary/aromatic N) is 3. The second kappa shape index (κ2) is 9.39. The summed E-state index contributed by atoms with van der Waals surface area (Å²) in [6, 6.07) is 26.5. The van der Waals surface area contributed by atoms with Crippen molar-refractivity contribution in [2.45, 2.75) is 46.5 Å². The van der Waals surface area contributed by atoms with E-state index in [2.05, 4.69) is 148 Å². The van der Waals surface area contributed by atoms with Gasteiger partial charge in [-0.2, -0.15) is 9.13 Å². The third-order valence-electron chi connectivity index (χ3n) is 7.52. The topological polar surface area (TPSA) is 12.7 Å². The largest absolute Gasteiger partial charge is 0.294 e. The summed E-state index contributed by atoms with van der Waals surface area (Å²) in [5.74, 6) is 2.07. The van der Waals surface area contributed by atoms with Crippen LogP contribution in [0.5, 0.6) is 0 Å². The molecule has 0 spiro atoms. The summed E-state index contributed by atoms with van der Waals surface area (Å²) >= 11 is 0. The lowest BCUT2D eigenvalue weighted by molar-refractivity contribution is -0.659. The van der Waals surface area contributed by atoms with Gasteiger partial charge in [-0.05, 0) is 48.6 Å². The van der Waals surface area contributed by atoms with Crippen molar-refractivity contribution < 1.29 is 9.13 Å². The monoisotopic (exact) mass is 475 g/mol. The molecule has 0 radical (unpaired) electrons. The van der Waals surface area contributed by atoms with Crippen LogP contribution in [0.15, 0.2) is 85.2 Å². The highest BCUT2D eigenvalue weighted by atomic mass is 15.1. The fraction of sp³-hybridized carbons (Fsp3) is 0.273. The number of hydrogen-bond acceptors (Lipinski definition) is 0. The van der Waals surface area contributed by atoms with Gasteiger partial charge in [0.25, 0.3) is 5.82 Å². The number of pyridine rings is 1. The van der Waals surface area contributed by atoms with Gasteiger partial charge in [0, 0.05) is 34.2 Å². The molecule has 3 aromatic carbocycles. The van der Waals surface area contributed by atoms with E-state index in [1.165, 1.54) is 55.9 Å². The molecule has 0 fully saturated rings. The van der Waals surface area contributed by atoms with Crippen LogP contribution < -0.4 is 9.13 Å². The minimum Gasteiger partial charge on any atom is -0.232 e. The van der Waals surface area contributed by atoms with Gasteiger partial charge >= 0.3 is 0 Å². The molecule has 3 nitrogen and oxygen atoms in total. The zero-order valence-corrected chi connectivity index (χ0v) is 22.6. The number of rotatable bonds is 5. The maximum atomic E-state index is 2.41. The Balaban J connectivity index is 1.75. The van der Waals surface area contributed by atoms with Crippen LogP contribution in [0, 0.1) is 6.92 Å². The van der Waals surface area contributed by atoms with E-state index >= 15 is 0 Å². The number of aromatic nitrogens is 3. The van der Waals surface area contributed by atoms with Gasteiger partial charge in [-0.25, -0.2) is 4.57 Å². The Morgan fingerprint density at radius 3 is 2.03 bits per heavy atom. The summed E-state index contributed by atoms with van der Waals surface area (Å²) in [5.41, 5.74) is 10.3. The lowest BCUT2D eigenvalue weighted by Crippen LogP contribution is -2.32. The molecule has 0 N–H and O–H groups in total. The molecular formula is C33H37N3+2. The Kier molecular flexibility index (Phi) is 6.26. The van der Waals surface area contributed by atoms with Crippen molar-refractivity contribution in [3.8, 4) is 28.3 Å². The Morgan fingerprint density at radius 1 is 0.694 bits per heavy atom. The van der Waals surface area contributed by atoms with Crippen molar-refractivity contribution in [2.75, 3.05) is 0 Å². The quantitative estimate of drug-likeness (QED) is 0.239. The van der Waals surface area contributed by atoms with Crippen molar-refractivity contribution >= 4 is 10.9 Å². The molecule has 0 amide bonds. The van der Waals surface area contributed by atoms with Crippen molar-refractivity contribution in [1.29, 1.82) is 0 Å². The van der Waals surface area contributed by atoms with Gasteiger partial charge in [0.15, 0.2) is 0 Å². The van der Waals surface area contributed by atoms with E-state index in [0.29, 0.717) is 11.8 Å². The lowest BCUT2D eigenvalue weighted by atomic mass is 9.92. The molecule has 0 atom stereocenters. The second-order valence-corrected chi connectivity index (χ2v) is 10.5. The van der Waals surface area contributed by atoms with E-state index in [-0.39, 0.29) is 0 Å². The van der Waals surface area contributed by atoms with Gasteiger partial charge in [0.2, 0.25) is 11.2 Å². The maximum absolute atomic E-state index is 2.41. The smallest absolute Gasteiger partial charge is 0.232 e. The van der Waals surface area contributed by atoms with Crippen LogP contribution in [-0.4, -0.2) is 4.57 Å². The Hall–Kier alpha value is -3.72. The molecule has 0 aliphatic heterocycles. The zero-order valence-electron chi connectivity index (χ0n) is 22.6. The average Bonchev–Trinajstić information content (AvgIpc) is 3.25. The molecular weight excluding hydrogens is 438 g/mol. The van der Waals surface area contributed by atoms with E-state index in [1.54, 1.807) is 0 Å². The first-order valence-corrected chi connectivity index (χ1v) is 13.0. The molecule has 0 bridgehead atoms. The highest BCUT2D eigenvalue weighted by Crippen LogP contribution is 2.35. The normalized spacial score (nSPS) is 11.7. The van der Waals surface area contributed by atoms with Gasteiger partial charge in [-0.15, -0.1) is 0 Å². The predicted molar refractivity (Wildman–Crippen MR) is 149 cm³/mol. The first-order valence-electron chi connectivity index (χ1n) is 13.0. The molecule has 3 heteroatoms. The van der Waals surface area contributed by atoms with Crippen molar-refractivity contribution in [3.63, 3.8) is 0 Å². The SMILES string of the molecule is Cc1c(-c2n(-c3c(C(C)C)cccc3C(C)C)cc[n+]2C)cccc1-c1ccc2ccccc2[n+]1C. The van der Waals surface area contributed by atoms with Crippen LogP contribution >= 0.6 is 0 Å². The zero-order chi connectivity index (χ0) is 25.6. The van der Waals surface area contributed by atoms with E-state index < -0.39 is 0 Å². The van der Waals surface area contributed by atoms with Crippen LogP contribution in [0.3, 0.4) is 0 Å². The third-order valence-corrected chi connectivity index (χ3v) is 7.52. The highest BCUT2D eigenvalue weighted by molar-refractivity contribution is 5.79. The molecule has 182 valence electrons. The van der Waals surface area contributed by atoms with Gasteiger partial charge < -0.3 is 0 Å². The van der Waals surface area contributed by atoms with Crippen LogP contribution in [0.4, 0.5) is 0 Å². The third kappa shape index (κ3) is 3.93. The van der Waals surface area contributed by atoms with Gasteiger partial charge in [-0.3, -0.25) is 0 Å². The average molecular weight is 476 g/mol. The second-order valence-electron chi connectivity index (χ2n) is 10.5. The van der Waals surface area contributed by atoms with Crippen LogP contribution in [0.1, 0.15) is 56.2 Å². The molecule has 0 unspecified atom stereocenters. The standard InChI is InChI=1S/C33H37N3/c1-22(2)26-13-10-14-27(23(3)4)32(26)36-21-20-34(6)33(36)29-16-11-15-28(24(29)5)31-19-18-25-12-8-9-17-30(25)35(31)7/h8-23H,1-7H3/q+2. The van der Waals surface area contributed by atoms with Crippen LogP contribution in [-0.2, 0) is 14.1 Å². The van der Waals surface area contributed by atoms with Crippen LogP contribution in [0.25, 0.3) is 39.2 Å². The Morgan fingerprint density at radius 2 is 1.33 bits per heavy atom. The molecule has 5 rings (SSSR count). The fourth-order valence-corrected chi connectivity index (χ4v) is 5.54. The van der Waals surface area contributed by atoms with E-state index in [0.717, 1.165) is 0 Å². The lowest BCUT2D eigenvalue weighted by Gasteiger charge is -2.18. The molecule has 0 saturated carbocycles. The number of para-hydroxylation sites is 2. The first kappa shape index (κ1) is 24.0. The van der Waals surface area contributed by atoms with Crippen molar-refractivity contribution in [1.82, 2.24) is 4.57 Å². The fourth-order valence-electron chi connectivity index (χ4n) is 5.54. The molecule has 2 aromatic heterocycles. The summed E-state index contributed by atoms with van der Waals surface area (Å²) in [5, 5.41) is 1.25. The predicted octanol–water partition coefficient (Wildman–Crippen LogP) is 7.17. The molecule has 5 aromatic rings. The minimum atomic E-state index is 0.434. The molecule has 0 aliphatic rings. The molecule has 0 aliphatic carbocycles. The Labute approximate surface area is 215 Å². The summed E-state index contributed by atoms with van der Waals surface area (Å²) in [6.45, 7) is 11.4. The number of benzene rings is 3. The summed E-state index contributed by atoms with van der Waals surface area (Å²) in [4.78, 5) is 0. The van der Waals surface area contributed by atoms with Crippen LogP contribution in [0.2, 0.25) is 0 Å². The van der Waals surface area contributed by atoms with Crippen molar-refractivity contribution in [2.24, 2.45) is 14.1 Å². The number of hydrogen-bond donors (Lipinski definition) is 0. The van der Waals surface area contributed by atoms with Crippen molar-refractivity contribution in [3.05, 3.63) is 102 Å². The van der Waals surface area contributed by atoms with Gasteiger partial charge in [0.1, 0.15) is 25.1 Å². The summed E-state index contributed by atoms with van der Waals surface area (Å²) < 4.78 is 6.98. The number of fused-ring (bicyclic) bond motifs is 1. The minimum absolute atomic E-state index is 0.434. The molecule has 0 saturated heterocycles. The molecule has 2 heterocycles. The van der Waals surface area contributed by atoms with Gasteiger partial charge in [0.05, 0.1) is 12.6 Å². The first-order chi connectivity index (χ1) is 17.3. The summed E-state index contributed by atoms with van der Waals surface area (Å²) in [7, 11) is 4.32. The maximum Gasteiger partial charge on any atom is 0.294 e. The van der Waals surface area contributed by atoms with E-state index in [1.807, 2.05) is 0 Å². The van der Waals surface area contributed by atoms with Gasteiger partial charge in [-0.1, -0.05) is 64.1 Å². The van der Waals surface area contributed by atoms with E-state index in [4.69, 9.17) is 0 Å². The molecule has 36 heavy (non-hydrogen) atoms. The highest BCUT2D eigenvalue weighted by Gasteiger charge is 2.28. The van der Waals surface area contributed by atoms with E-state index in [9.17, 15) is 0 Å². The number of aryl methyl sites for hydroxylation is 2. The number of imidazole rings is 1. The Bertz CT molecular complexity index is 1540.